The molecule has 2 aromatic rings. The zero-order valence-electron chi connectivity index (χ0n) is 9.72. The van der Waals surface area contributed by atoms with E-state index in [1.165, 1.54) is 6.33 Å². The van der Waals surface area contributed by atoms with E-state index in [4.69, 9.17) is 11.6 Å². The van der Waals surface area contributed by atoms with Crippen molar-refractivity contribution in [3.05, 3.63) is 33.6 Å². The van der Waals surface area contributed by atoms with Gasteiger partial charge in [-0.2, -0.15) is 0 Å². The highest BCUT2D eigenvalue weighted by atomic mass is 35.5. The van der Waals surface area contributed by atoms with E-state index in [2.05, 4.69) is 15.0 Å². The molecule has 0 aromatic carbocycles. The Labute approximate surface area is 109 Å². The molecule has 2 rings (SSSR count). The molecule has 2 heterocycles. The van der Waals surface area contributed by atoms with Crippen LogP contribution in [0.25, 0.3) is 0 Å². The standard InChI is InChI=1S/C11H13ClN4S/c1-3-9-10(12)13-6-14-11(9)16(2)4-8-5-17-7-15-8/h5-7H,3-4H2,1-2H3. The van der Waals surface area contributed by atoms with Crippen LogP contribution in [0.1, 0.15) is 18.2 Å². The van der Waals surface area contributed by atoms with Crippen LogP contribution in [0.5, 0.6) is 0 Å². The minimum absolute atomic E-state index is 0.530. The van der Waals surface area contributed by atoms with Gasteiger partial charge in [0, 0.05) is 18.0 Å². The van der Waals surface area contributed by atoms with Crippen LogP contribution < -0.4 is 4.90 Å². The van der Waals surface area contributed by atoms with Crippen LogP contribution in [-0.4, -0.2) is 22.0 Å². The molecule has 2 aromatic heterocycles. The molecule has 0 aliphatic heterocycles. The summed E-state index contributed by atoms with van der Waals surface area (Å²) < 4.78 is 0. The highest BCUT2D eigenvalue weighted by Crippen LogP contribution is 2.23. The Bertz CT molecular complexity index is 486. The fourth-order valence-corrected chi connectivity index (χ4v) is 2.46. The monoisotopic (exact) mass is 268 g/mol. The molecule has 0 atom stereocenters. The fraction of sp³-hybridized carbons (Fsp3) is 0.364. The van der Waals surface area contributed by atoms with Crippen molar-refractivity contribution in [3.63, 3.8) is 0 Å². The van der Waals surface area contributed by atoms with Gasteiger partial charge in [-0.1, -0.05) is 18.5 Å². The van der Waals surface area contributed by atoms with Gasteiger partial charge in [-0.3, -0.25) is 0 Å². The summed E-state index contributed by atoms with van der Waals surface area (Å²) in [5.41, 5.74) is 3.85. The number of aromatic nitrogens is 3. The summed E-state index contributed by atoms with van der Waals surface area (Å²) in [5, 5.41) is 2.56. The molecule has 0 aliphatic rings. The van der Waals surface area contributed by atoms with Crippen molar-refractivity contribution >= 4 is 28.8 Å². The molecule has 0 saturated carbocycles. The van der Waals surface area contributed by atoms with Gasteiger partial charge in [-0.05, 0) is 6.42 Å². The largest absolute Gasteiger partial charge is 0.353 e. The average molecular weight is 269 g/mol. The Kier molecular flexibility index (Phi) is 3.91. The van der Waals surface area contributed by atoms with Crippen LogP contribution >= 0.6 is 22.9 Å². The first kappa shape index (κ1) is 12.3. The topological polar surface area (TPSA) is 41.9 Å². The predicted octanol–water partition coefficient (Wildman–Crippen LogP) is 2.79. The Morgan fingerprint density at radius 3 is 2.82 bits per heavy atom. The van der Waals surface area contributed by atoms with Gasteiger partial charge in [-0.15, -0.1) is 11.3 Å². The van der Waals surface area contributed by atoms with E-state index in [-0.39, 0.29) is 0 Å². The van der Waals surface area contributed by atoms with Gasteiger partial charge in [0.25, 0.3) is 0 Å². The molecule has 0 spiro atoms. The van der Waals surface area contributed by atoms with Crippen LogP contribution in [0.2, 0.25) is 5.15 Å². The third-order valence-electron chi connectivity index (χ3n) is 2.47. The molecule has 0 unspecified atom stereocenters. The lowest BCUT2D eigenvalue weighted by Gasteiger charge is -2.19. The van der Waals surface area contributed by atoms with Gasteiger partial charge in [0.2, 0.25) is 0 Å². The van der Waals surface area contributed by atoms with Crippen molar-refractivity contribution in [2.24, 2.45) is 0 Å². The van der Waals surface area contributed by atoms with Crippen molar-refractivity contribution < 1.29 is 0 Å². The zero-order valence-corrected chi connectivity index (χ0v) is 11.3. The SMILES string of the molecule is CCc1c(Cl)ncnc1N(C)Cc1cscn1. The van der Waals surface area contributed by atoms with E-state index in [0.29, 0.717) is 5.15 Å². The van der Waals surface area contributed by atoms with Crippen molar-refractivity contribution in [1.82, 2.24) is 15.0 Å². The summed E-state index contributed by atoms with van der Waals surface area (Å²) in [5.74, 6) is 0.875. The van der Waals surface area contributed by atoms with E-state index >= 15 is 0 Å². The summed E-state index contributed by atoms with van der Waals surface area (Å²) in [7, 11) is 1.98. The minimum atomic E-state index is 0.530. The lowest BCUT2D eigenvalue weighted by Crippen LogP contribution is -2.20. The molecule has 17 heavy (non-hydrogen) atoms. The van der Waals surface area contributed by atoms with Crippen LogP contribution in [0.15, 0.2) is 17.2 Å². The molecule has 0 amide bonds. The van der Waals surface area contributed by atoms with E-state index in [1.807, 2.05) is 29.8 Å². The van der Waals surface area contributed by atoms with Gasteiger partial charge in [0.1, 0.15) is 17.3 Å². The van der Waals surface area contributed by atoms with Gasteiger partial charge >= 0.3 is 0 Å². The molecule has 0 N–H and O–H groups in total. The van der Waals surface area contributed by atoms with Crippen LogP contribution in [0.3, 0.4) is 0 Å². The lowest BCUT2D eigenvalue weighted by molar-refractivity contribution is 0.852. The normalized spacial score (nSPS) is 10.5. The van der Waals surface area contributed by atoms with E-state index in [0.717, 1.165) is 30.0 Å². The van der Waals surface area contributed by atoms with Crippen LogP contribution in [-0.2, 0) is 13.0 Å². The summed E-state index contributed by atoms with van der Waals surface area (Å²) in [6, 6.07) is 0. The summed E-state index contributed by atoms with van der Waals surface area (Å²) >= 11 is 7.66. The third kappa shape index (κ3) is 2.73. The lowest BCUT2D eigenvalue weighted by atomic mass is 10.2. The fourth-order valence-electron chi connectivity index (χ4n) is 1.65. The second-order valence-electron chi connectivity index (χ2n) is 3.66. The Balaban J connectivity index is 2.24. The van der Waals surface area contributed by atoms with Gasteiger partial charge in [0.15, 0.2) is 0 Å². The van der Waals surface area contributed by atoms with Crippen LogP contribution in [0.4, 0.5) is 5.82 Å². The number of thiazole rings is 1. The number of anilines is 1. The highest BCUT2D eigenvalue weighted by molar-refractivity contribution is 7.07. The first-order chi connectivity index (χ1) is 8.22. The molecule has 0 fully saturated rings. The van der Waals surface area contributed by atoms with E-state index in [9.17, 15) is 0 Å². The highest BCUT2D eigenvalue weighted by Gasteiger charge is 2.12. The van der Waals surface area contributed by atoms with Crippen LogP contribution in [0, 0.1) is 0 Å². The minimum Gasteiger partial charge on any atom is -0.353 e. The first-order valence-electron chi connectivity index (χ1n) is 5.30. The molecule has 90 valence electrons. The maximum Gasteiger partial charge on any atom is 0.137 e. The van der Waals surface area contributed by atoms with Crippen molar-refractivity contribution in [1.29, 1.82) is 0 Å². The van der Waals surface area contributed by atoms with Gasteiger partial charge < -0.3 is 4.90 Å². The second kappa shape index (κ2) is 5.42. The molecule has 6 heteroatoms. The summed E-state index contributed by atoms with van der Waals surface area (Å²) in [6.07, 6.45) is 2.31. The average Bonchev–Trinajstić information content (AvgIpc) is 2.81. The number of hydrogen-bond acceptors (Lipinski definition) is 5. The summed E-state index contributed by atoms with van der Waals surface area (Å²) in [4.78, 5) is 14.6. The van der Waals surface area contributed by atoms with E-state index < -0.39 is 0 Å². The Morgan fingerprint density at radius 1 is 1.35 bits per heavy atom. The molecule has 0 radical (unpaired) electrons. The third-order valence-corrected chi connectivity index (χ3v) is 3.43. The maximum atomic E-state index is 6.06. The van der Waals surface area contributed by atoms with Gasteiger partial charge in [0.05, 0.1) is 17.7 Å². The Hall–Kier alpha value is -1.20. The first-order valence-corrected chi connectivity index (χ1v) is 6.62. The number of rotatable bonds is 4. The quantitative estimate of drug-likeness (QED) is 0.800. The van der Waals surface area contributed by atoms with E-state index in [1.54, 1.807) is 11.3 Å². The van der Waals surface area contributed by atoms with Crippen molar-refractivity contribution in [2.45, 2.75) is 19.9 Å². The molecular weight excluding hydrogens is 256 g/mol. The van der Waals surface area contributed by atoms with Crippen molar-refractivity contribution in [3.8, 4) is 0 Å². The molecule has 4 nitrogen and oxygen atoms in total. The number of halogens is 1. The number of hydrogen-bond donors (Lipinski definition) is 0. The summed E-state index contributed by atoms with van der Waals surface area (Å²) in [6.45, 7) is 2.77. The maximum absolute atomic E-state index is 6.06. The second-order valence-corrected chi connectivity index (χ2v) is 4.73. The molecule has 0 aliphatic carbocycles. The molecule has 0 bridgehead atoms. The Morgan fingerprint density at radius 2 is 2.18 bits per heavy atom. The number of nitrogens with zero attached hydrogens (tertiary/aromatic N) is 4. The van der Waals surface area contributed by atoms with Crippen molar-refractivity contribution in [2.75, 3.05) is 11.9 Å². The zero-order chi connectivity index (χ0) is 12.3. The smallest absolute Gasteiger partial charge is 0.137 e. The molecular formula is C11H13ClN4S. The molecule has 0 saturated heterocycles. The van der Waals surface area contributed by atoms with Gasteiger partial charge in [-0.25, -0.2) is 15.0 Å². The predicted molar refractivity (Wildman–Crippen MR) is 70.6 cm³/mol.